The summed E-state index contributed by atoms with van der Waals surface area (Å²) < 4.78 is 11.2. The van der Waals surface area contributed by atoms with Crippen LogP contribution in [0.15, 0.2) is 48.5 Å². The minimum absolute atomic E-state index is 0.133. The van der Waals surface area contributed by atoms with Gasteiger partial charge in [0.2, 0.25) is 17.9 Å². The first-order valence-electron chi connectivity index (χ1n) is 17.3. The summed E-state index contributed by atoms with van der Waals surface area (Å²) in [5.74, 6) is -1.84. The monoisotopic (exact) mass is 725 g/mol. The molecule has 3 atom stereocenters. The topological polar surface area (TPSA) is 146 Å². The van der Waals surface area contributed by atoms with E-state index < -0.39 is 46.3 Å². The van der Waals surface area contributed by atoms with Crippen molar-refractivity contribution in [3.63, 3.8) is 0 Å². The van der Waals surface area contributed by atoms with Gasteiger partial charge in [-0.3, -0.25) is 24.0 Å². The number of hydrogen-bond acceptors (Lipinski definition) is 9. The van der Waals surface area contributed by atoms with Crippen LogP contribution in [0.1, 0.15) is 64.2 Å². The van der Waals surface area contributed by atoms with Crippen LogP contribution in [0.4, 0.5) is 0 Å². The summed E-state index contributed by atoms with van der Waals surface area (Å²) in [6.45, 7) is 13.8. The van der Waals surface area contributed by atoms with Gasteiger partial charge >= 0.3 is 5.97 Å². The molecule has 2 aromatic rings. The summed E-state index contributed by atoms with van der Waals surface area (Å²) >= 11 is 1.44. The molecule has 0 aliphatic carbocycles. The van der Waals surface area contributed by atoms with Gasteiger partial charge in [-0.05, 0) is 85.7 Å². The zero-order valence-electron chi connectivity index (χ0n) is 31.5. The Kier molecular flexibility index (Phi) is 14.9. The number of hydrogen-bond donors (Lipinski definition) is 3. The van der Waals surface area contributed by atoms with E-state index >= 15 is 0 Å². The molecule has 2 aromatic carbocycles. The minimum atomic E-state index is -1.52. The molecular weight excluding hydrogens is 671 g/mol. The van der Waals surface area contributed by atoms with Crippen molar-refractivity contribution in [1.29, 1.82) is 0 Å². The fraction of sp³-hybridized carbons (Fsp3) is 0.553. The number of esters is 1. The van der Waals surface area contributed by atoms with E-state index in [1.54, 1.807) is 0 Å². The fourth-order valence-corrected chi connectivity index (χ4v) is 6.90. The van der Waals surface area contributed by atoms with Crippen LogP contribution in [0.3, 0.4) is 0 Å². The lowest BCUT2D eigenvalue weighted by atomic mass is 9.96. The summed E-state index contributed by atoms with van der Waals surface area (Å²) in [7, 11) is 3.77. The molecule has 3 N–H and O–H groups in total. The van der Waals surface area contributed by atoms with E-state index in [9.17, 15) is 24.0 Å². The first-order chi connectivity index (χ1) is 23.9. The second-order valence-electron chi connectivity index (χ2n) is 14.8. The average molecular weight is 726 g/mol. The molecule has 0 aromatic heterocycles. The number of likely N-dealkylation sites (N-methyl/N-ethyl adjacent to an activating group) is 1. The van der Waals surface area contributed by atoms with Gasteiger partial charge in [0.1, 0.15) is 11.8 Å². The molecule has 0 radical (unpaired) electrons. The molecule has 12 nitrogen and oxygen atoms in total. The van der Waals surface area contributed by atoms with Crippen LogP contribution in [0, 0.1) is 13.8 Å². The largest absolute Gasteiger partial charge is 0.483 e. The molecule has 1 aliphatic heterocycles. The van der Waals surface area contributed by atoms with E-state index in [0.29, 0.717) is 18.8 Å². The van der Waals surface area contributed by atoms with Crippen LogP contribution in [0.25, 0.3) is 0 Å². The Hall–Kier alpha value is -4.10. The van der Waals surface area contributed by atoms with Gasteiger partial charge in [-0.15, -0.1) is 11.8 Å². The molecule has 1 unspecified atom stereocenters. The lowest BCUT2D eigenvalue weighted by Gasteiger charge is -2.36. The molecule has 0 saturated carbocycles. The summed E-state index contributed by atoms with van der Waals surface area (Å²) in [5.41, 5.74) is 1.95. The molecule has 13 heteroatoms. The van der Waals surface area contributed by atoms with E-state index in [-0.39, 0.29) is 43.6 Å². The number of aryl methyl sites for hydroxylation is 2. The lowest BCUT2D eigenvalue weighted by molar-refractivity contribution is -0.164. The Bertz CT molecular complexity index is 1510. The summed E-state index contributed by atoms with van der Waals surface area (Å²) in [6.07, 6.45) is -1.81. The normalized spacial score (nSPS) is 16.6. The number of nitrogens with one attached hydrogen (secondary N) is 3. The number of thioether (sulfide) groups is 1. The van der Waals surface area contributed by atoms with Crippen molar-refractivity contribution in [2.75, 3.05) is 39.7 Å². The maximum Gasteiger partial charge on any atom is 0.307 e. The first-order valence-corrected chi connectivity index (χ1v) is 18.3. The molecule has 280 valence electrons. The molecule has 0 spiro atoms. The molecule has 1 aliphatic rings. The van der Waals surface area contributed by atoms with E-state index in [0.717, 1.165) is 16.7 Å². The summed E-state index contributed by atoms with van der Waals surface area (Å²) in [6, 6.07) is 13.0. The molecule has 1 heterocycles. The van der Waals surface area contributed by atoms with Crippen molar-refractivity contribution >= 4 is 41.4 Å². The van der Waals surface area contributed by atoms with E-state index in [1.807, 2.05) is 116 Å². The third-order valence-corrected chi connectivity index (χ3v) is 9.66. The van der Waals surface area contributed by atoms with Gasteiger partial charge in [-0.2, -0.15) is 0 Å². The van der Waals surface area contributed by atoms with Crippen LogP contribution < -0.4 is 20.7 Å². The van der Waals surface area contributed by atoms with Gasteiger partial charge in [-0.1, -0.05) is 48.5 Å². The maximum atomic E-state index is 14.7. The number of benzene rings is 2. The Morgan fingerprint density at radius 1 is 0.961 bits per heavy atom. The standard InChI is InChI=1S/C38H55N5O7S/c1-25-14-13-15-26(2)32(25)49-23-30(45)40-28(22-27-16-11-10-12-17-27)33(50-31(46)19-18-29(44)39-20-21-42(8)9)36(48)43-24-51-38(6,7)34(43)35(47)41-37(3,4)5/h10-17,28,33-34H,18-24H2,1-9H3,(H,39,44)(H,40,45)(H,41,47)/t28-,33-,34?/m0/s1. The van der Waals surface area contributed by atoms with Crippen LogP contribution in [0.5, 0.6) is 5.75 Å². The van der Waals surface area contributed by atoms with E-state index in [2.05, 4.69) is 16.0 Å². The predicted molar refractivity (Wildman–Crippen MR) is 199 cm³/mol. The second-order valence-corrected chi connectivity index (χ2v) is 16.4. The molecule has 4 amide bonds. The number of ether oxygens (including phenoxy) is 2. The Morgan fingerprint density at radius 2 is 1.61 bits per heavy atom. The van der Waals surface area contributed by atoms with E-state index in [1.165, 1.54) is 16.7 Å². The van der Waals surface area contributed by atoms with Gasteiger partial charge in [0, 0.05) is 29.8 Å². The van der Waals surface area contributed by atoms with Gasteiger partial charge in [0.25, 0.3) is 11.8 Å². The highest BCUT2D eigenvalue weighted by molar-refractivity contribution is 8.00. The summed E-state index contributed by atoms with van der Waals surface area (Å²) in [4.78, 5) is 71.2. The zero-order valence-corrected chi connectivity index (χ0v) is 32.3. The molecule has 3 rings (SSSR count). The zero-order chi connectivity index (χ0) is 37.9. The average Bonchev–Trinajstić information content (AvgIpc) is 3.36. The Balaban J connectivity index is 1.95. The van der Waals surface area contributed by atoms with Gasteiger partial charge in [0.15, 0.2) is 6.61 Å². The van der Waals surface area contributed by atoms with Crippen LogP contribution >= 0.6 is 11.8 Å². The maximum absolute atomic E-state index is 14.7. The van der Waals surface area contributed by atoms with Crippen molar-refractivity contribution in [1.82, 2.24) is 25.8 Å². The number of para-hydroxylation sites is 1. The number of nitrogens with zero attached hydrogens (tertiary/aromatic N) is 2. The Labute approximate surface area is 306 Å². The third-order valence-electron chi connectivity index (χ3n) is 8.28. The van der Waals surface area contributed by atoms with Crippen molar-refractivity contribution in [3.05, 3.63) is 65.2 Å². The number of carbonyl (C=O) groups excluding carboxylic acids is 5. The van der Waals surface area contributed by atoms with Crippen molar-refractivity contribution in [3.8, 4) is 5.75 Å². The predicted octanol–water partition coefficient (Wildman–Crippen LogP) is 3.37. The molecule has 51 heavy (non-hydrogen) atoms. The van der Waals surface area contributed by atoms with Crippen molar-refractivity contribution < 1.29 is 33.4 Å². The highest BCUT2D eigenvalue weighted by Crippen LogP contribution is 2.40. The summed E-state index contributed by atoms with van der Waals surface area (Å²) in [5, 5.41) is 8.67. The highest BCUT2D eigenvalue weighted by atomic mass is 32.2. The molecule has 0 bridgehead atoms. The highest BCUT2D eigenvalue weighted by Gasteiger charge is 2.51. The van der Waals surface area contributed by atoms with Gasteiger partial charge in [-0.25, -0.2) is 0 Å². The lowest BCUT2D eigenvalue weighted by Crippen LogP contribution is -2.61. The SMILES string of the molecule is Cc1cccc(C)c1OCC(=O)N[C@@H](Cc1ccccc1)[C@H](OC(=O)CCC(=O)NCCN(C)C)C(=O)N1CSC(C)(C)C1C(=O)NC(C)(C)C. The molecular formula is C38H55N5O7S. The third kappa shape index (κ3) is 12.9. The van der Waals surface area contributed by atoms with Gasteiger partial charge < -0.3 is 35.2 Å². The number of rotatable bonds is 16. The van der Waals surface area contributed by atoms with Crippen molar-refractivity contribution in [2.24, 2.45) is 0 Å². The quantitative estimate of drug-likeness (QED) is 0.222. The van der Waals surface area contributed by atoms with Crippen LogP contribution in [-0.2, 0) is 35.1 Å². The minimum Gasteiger partial charge on any atom is -0.483 e. The number of carbonyl (C=O) groups is 5. The molecule has 1 saturated heterocycles. The van der Waals surface area contributed by atoms with Crippen molar-refractivity contribution in [2.45, 2.75) is 96.2 Å². The number of amides is 4. The van der Waals surface area contributed by atoms with E-state index in [4.69, 9.17) is 9.47 Å². The van der Waals surface area contributed by atoms with Gasteiger partial charge in [0.05, 0.1) is 18.3 Å². The first kappa shape index (κ1) is 41.3. The Morgan fingerprint density at radius 3 is 2.22 bits per heavy atom. The second kappa shape index (κ2) is 18.4. The molecule has 1 fully saturated rings. The van der Waals surface area contributed by atoms with Crippen LogP contribution in [0.2, 0.25) is 0 Å². The van der Waals surface area contributed by atoms with Crippen LogP contribution in [-0.4, -0.2) is 108 Å². The smallest absolute Gasteiger partial charge is 0.307 e. The fourth-order valence-electron chi connectivity index (χ4n) is 5.76.